The maximum Gasteiger partial charge on any atom is 0.191 e. The molecule has 0 amide bonds. The van der Waals surface area contributed by atoms with E-state index in [4.69, 9.17) is 4.74 Å². The lowest BCUT2D eigenvalue weighted by Crippen LogP contribution is -2.41. The third kappa shape index (κ3) is 7.92. The van der Waals surface area contributed by atoms with E-state index in [9.17, 15) is 0 Å². The number of hydrogen-bond acceptors (Lipinski definition) is 5. The molecule has 1 aromatic carbocycles. The standard InChI is InChI=1S/C19H29N5OS.HI/c1-6-20-18(22-12-16-13-26-19(23-16)24(4)5)21-11-15(3)25-17-10-8-7-9-14(17)2;/h7-10,13,15H,6,11-12H2,1-5H3,(H2,20,21,22);1H. The Bertz CT molecular complexity index is 720. The van der Waals surface area contributed by atoms with E-state index in [0.717, 1.165) is 34.6 Å². The first-order chi connectivity index (χ1) is 12.5. The lowest BCUT2D eigenvalue weighted by molar-refractivity contribution is 0.222. The topological polar surface area (TPSA) is 61.8 Å². The summed E-state index contributed by atoms with van der Waals surface area (Å²) < 4.78 is 6.00. The number of aliphatic imine (C=N–C) groups is 1. The van der Waals surface area contributed by atoms with Crippen LogP contribution in [0.3, 0.4) is 0 Å². The van der Waals surface area contributed by atoms with Crippen molar-refractivity contribution in [2.24, 2.45) is 4.99 Å². The Labute approximate surface area is 183 Å². The van der Waals surface area contributed by atoms with E-state index in [1.807, 2.05) is 49.5 Å². The molecule has 1 heterocycles. The second kappa shape index (κ2) is 12.0. The molecule has 0 saturated heterocycles. The average Bonchev–Trinajstić information content (AvgIpc) is 3.09. The van der Waals surface area contributed by atoms with Gasteiger partial charge in [0.05, 0.1) is 18.8 Å². The number of para-hydroxylation sites is 1. The zero-order valence-electron chi connectivity index (χ0n) is 16.7. The predicted octanol–water partition coefficient (Wildman–Crippen LogP) is 3.66. The fraction of sp³-hybridized carbons (Fsp3) is 0.474. The first kappa shape index (κ1) is 23.5. The maximum absolute atomic E-state index is 6.00. The van der Waals surface area contributed by atoms with Crippen LogP contribution in [-0.2, 0) is 6.54 Å². The Morgan fingerprint density at radius 3 is 2.67 bits per heavy atom. The average molecular weight is 503 g/mol. The molecule has 1 aromatic heterocycles. The highest BCUT2D eigenvalue weighted by Gasteiger charge is 2.08. The number of hydrogen-bond donors (Lipinski definition) is 2. The van der Waals surface area contributed by atoms with Gasteiger partial charge in [-0.15, -0.1) is 35.3 Å². The third-order valence-electron chi connectivity index (χ3n) is 3.64. The molecule has 0 radical (unpaired) electrons. The molecule has 0 aliphatic heterocycles. The summed E-state index contributed by atoms with van der Waals surface area (Å²) >= 11 is 1.63. The minimum absolute atomic E-state index is 0. The van der Waals surface area contributed by atoms with E-state index in [-0.39, 0.29) is 30.1 Å². The Morgan fingerprint density at radius 1 is 1.30 bits per heavy atom. The minimum Gasteiger partial charge on any atom is -0.489 e. The Balaban J connectivity index is 0.00000364. The first-order valence-electron chi connectivity index (χ1n) is 8.85. The normalized spacial score (nSPS) is 12.1. The maximum atomic E-state index is 6.00. The van der Waals surface area contributed by atoms with Crippen LogP contribution in [0.5, 0.6) is 5.75 Å². The number of thiazole rings is 1. The van der Waals surface area contributed by atoms with Gasteiger partial charge in [-0.1, -0.05) is 18.2 Å². The second-order valence-electron chi connectivity index (χ2n) is 6.29. The van der Waals surface area contributed by atoms with Crippen molar-refractivity contribution >= 4 is 46.4 Å². The molecular weight excluding hydrogens is 473 g/mol. The number of aromatic nitrogens is 1. The van der Waals surface area contributed by atoms with E-state index in [2.05, 4.69) is 40.5 Å². The Kier molecular flexibility index (Phi) is 10.5. The second-order valence-corrected chi connectivity index (χ2v) is 7.12. The van der Waals surface area contributed by atoms with Gasteiger partial charge in [0, 0.05) is 26.0 Å². The van der Waals surface area contributed by atoms with Crippen LogP contribution in [0.1, 0.15) is 25.1 Å². The summed E-state index contributed by atoms with van der Waals surface area (Å²) in [6, 6.07) is 8.05. The van der Waals surface area contributed by atoms with Crippen molar-refractivity contribution in [3.05, 3.63) is 40.9 Å². The molecule has 0 bridgehead atoms. The van der Waals surface area contributed by atoms with Gasteiger partial charge in [-0.25, -0.2) is 9.98 Å². The van der Waals surface area contributed by atoms with Gasteiger partial charge in [-0.3, -0.25) is 0 Å². The molecule has 0 aliphatic carbocycles. The van der Waals surface area contributed by atoms with Gasteiger partial charge in [-0.05, 0) is 32.4 Å². The third-order valence-corrected chi connectivity index (χ3v) is 4.70. The summed E-state index contributed by atoms with van der Waals surface area (Å²) in [6.45, 7) is 8.17. The van der Waals surface area contributed by atoms with Gasteiger partial charge in [0.25, 0.3) is 0 Å². The van der Waals surface area contributed by atoms with E-state index >= 15 is 0 Å². The molecule has 2 N–H and O–H groups in total. The number of rotatable bonds is 8. The summed E-state index contributed by atoms with van der Waals surface area (Å²) in [7, 11) is 3.99. The summed E-state index contributed by atoms with van der Waals surface area (Å²) in [6.07, 6.45) is 0.0274. The number of ether oxygens (including phenoxy) is 1. The van der Waals surface area contributed by atoms with Crippen LogP contribution < -0.4 is 20.3 Å². The Morgan fingerprint density at radius 2 is 2.04 bits per heavy atom. The van der Waals surface area contributed by atoms with Crippen molar-refractivity contribution in [2.75, 3.05) is 32.1 Å². The Hall–Kier alpha value is -1.55. The molecule has 1 unspecified atom stereocenters. The molecule has 0 fully saturated rings. The number of aryl methyl sites for hydroxylation is 1. The van der Waals surface area contributed by atoms with Gasteiger partial charge in [0.15, 0.2) is 11.1 Å². The van der Waals surface area contributed by atoms with E-state index in [1.54, 1.807) is 11.3 Å². The fourth-order valence-corrected chi connectivity index (χ4v) is 3.01. The van der Waals surface area contributed by atoms with Crippen LogP contribution in [0, 0.1) is 6.92 Å². The van der Waals surface area contributed by atoms with E-state index in [1.165, 1.54) is 0 Å². The SMILES string of the molecule is CCNC(=NCc1csc(N(C)C)n1)NCC(C)Oc1ccccc1C.I. The summed E-state index contributed by atoms with van der Waals surface area (Å²) in [5.74, 6) is 1.69. The fourth-order valence-electron chi connectivity index (χ4n) is 2.26. The quantitative estimate of drug-likeness (QED) is 0.327. The number of benzene rings is 1. The van der Waals surface area contributed by atoms with Crippen LogP contribution in [-0.4, -0.2) is 44.2 Å². The number of nitrogens with one attached hydrogen (secondary N) is 2. The summed E-state index contributed by atoms with van der Waals surface area (Å²) in [4.78, 5) is 11.2. The van der Waals surface area contributed by atoms with E-state index < -0.39 is 0 Å². The molecule has 27 heavy (non-hydrogen) atoms. The molecule has 2 rings (SSSR count). The highest BCUT2D eigenvalue weighted by Crippen LogP contribution is 2.18. The molecule has 0 spiro atoms. The molecule has 8 heteroatoms. The van der Waals surface area contributed by atoms with Gasteiger partial charge in [-0.2, -0.15) is 0 Å². The van der Waals surface area contributed by atoms with Crippen molar-refractivity contribution in [3.63, 3.8) is 0 Å². The van der Waals surface area contributed by atoms with Crippen molar-refractivity contribution < 1.29 is 4.74 Å². The van der Waals surface area contributed by atoms with E-state index in [0.29, 0.717) is 13.1 Å². The zero-order chi connectivity index (χ0) is 18.9. The lowest BCUT2D eigenvalue weighted by Gasteiger charge is -2.18. The van der Waals surface area contributed by atoms with Crippen molar-refractivity contribution in [3.8, 4) is 5.75 Å². The number of guanidine groups is 1. The largest absolute Gasteiger partial charge is 0.489 e. The van der Waals surface area contributed by atoms with Crippen molar-refractivity contribution in [2.45, 2.75) is 33.4 Å². The molecule has 2 aromatic rings. The molecule has 1 atom stereocenters. The molecule has 0 aliphatic rings. The van der Waals surface area contributed by atoms with Gasteiger partial charge >= 0.3 is 0 Å². The number of halogens is 1. The van der Waals surface area contributed by atoms with Crippen LogP contribution in [0.2, 0.25) is 0 Å². The van der Waals surface area contributed by atoms with Gasteiger partial charge < -0.3 is 20.3 Å². The van der Waals surface area contributed by atoms with Crippen molar-refractivity contribution in [1.29, 1.82) is 0 Å². The van der Waals surface area contributed by atoms with Crippen molar-refractivity contribution in [1.82, 2.24) is 15.6 Å². The smallest absolute Gasteiger partial charge is 0.191 e. The van der Waals surface area contributed by atoms with Gasteiger partial charge in [0.2, 0.25) is 0 Å². The predicted molar refractivity (Wildman–Crippen MR) is 126 cm³/mol. The van der Waals surface area contributed by atoms with Crippen LogP contribution in [0.25, 0.3) is 0 Å². The molecule has 0 saturated carbocycles. The summed E-state index contributed by atoms with van der Waals surface area (Å²) in [5.41, 5.74) is 2.11. The highest BCUT2D eigenvalue weighted by molar-refractivity contribution is 14.0. The first-order valence-corrected chi connectivity index (χ1v) is 9.73. The molecular formula is C19H30IN5OS. The van der Waals surface area contributed by atoms with Gasteiger partial charge in [0.1, 0.15) is 11.9 Å². The summed E-state index contributed by atoms with van der Waals surface area (Å²) in [5, 5.41) is 9.64. The lowest BCUT2D eigenvalue weighted by atomic mass is 10.2. The van der Waals surface area contributed by atoms with Crippen LogP contribution in [0.15, 0.2) is 34.6 Å². The number of anilines is 1. The monoisotopic (exact) mass is 503 g/mol. The molecule has 150 valence electrons. The number of nitrogens with zero attached hydrogens (tertiary/aromatic N) is 3. The minimum atomic E-state index is 0. The van der Waals surface area contributed by atoms with Crippen LogP contribution >= 0.6 is 35.3 Å². The zero-order valence-corrected chi connectivity index (χ0v) is 19.8. The highest BCUT2D eigenvalue weighted by atomic mass is 127. The molecule has 6 nitrogen and oxygen atoms in total. The van der Waals surface area contributed by atoms with Crippen LogP contribution in [0.4, 0.5) is 5.13 Å².